The summed E-state index contributed by atoms with van der Waals surface area (Å²) in [5, 5.41) is 14.3. The Bertz CT molecular complexity index is 2180. The fraction of sp³-hybridized carbons (Fsp3) is 0.118. The van der Waals surface area contributed by atoms with Gasteiger partial charge in [0, 0.05) is 18.7 Å². The summed E-state index contributed by atoms with van der Waals surface area (Å²) in [6, 6.07) is 35.1. The maximum atomic E-state index is 14.1. The molecule has 4 aromatic carbocycles. The van der Waals surface area contributed by atoms with Gasteiger partial charge in [0.15, 0.2) is 17.0 Å². The minimum Gasteiger partial charge on any atom is -0.318 e. The number of hydrogen-bond donors (Lipinski definition) is 1. The van der Waals surface area contributed by atoms with Crippen LogP contribution in [0.2, 0.25) is 0 Å². The van der Waals surface area contributed by atoms with Crippen LogP contribution in [0.25, 0.3) is 39.4 Å². The fourth-order valence-electron chi connectivity index (χ4n) is 5.62. The maximum absolute atomic E-state index is 14.1. The van der Waals surface area contributed by atoms with Crippen molar-refractivity contribution in [2.45, 2.75) is 26.4 Å². The molecule has 0 bridgehead atoms. The van der Waals surface area contributed by atoms with Gasteiger partial charge in [-0.15, -0.1) is 5.10 Å². The highest BCUT2D eigenvalue weighted by atomic mass is 16.2. The van der Waals surface area contributed by atoms with E-state index in [1.807, 2.05) is 109 Å². The Hall–Kier alpha value is -5.90. The van der Waals surface area contributed by atoms with Crippen molar-refractivity contribution in [2.24, 2.45) is 0 Å². The van der Waals surface area contributed by atoms with E-state index in [2.05, 4.69) is 20.6 Å². The van der Waals surface area contributed by atoms with Crippen LogP contribution in [0.4, 0.5) is 0 Å². The van der Waals surface area contributed by atoms with Crippen LogP contribution in [-0.2, 0) is 19.5 Å². The molecule has 3 aromatic heterocycles. The van der Waals surface area contributed by atoms with Crippen LogP contribution >= 0.6 is 0 Å². The average Bonchev–Trinajstić information content (AvgIpc) is 3.71. The number of tetrazole rings is 1. The number of fused-ring (bicyclic) bond motifs is 1. The molecule has 3 heterocycles. The van der Waals surface area contributed by atoms with Crippen LogP contribution in [-0.4, -0.2) is 39.3 Å². The first-order valence-electron chi connectivity index (χ1n) is 14.3. The summed E-state index contributed by atoms with van der Waals surface area (Å²) in [5.41, 5.74) is 5.51. The summed E-state index contributed by atoms with van der Waals surface area (Å²) in [7, 11) is 0. The van der Waals surface area contributed by atoms with Gasteiger partial charge in [-0.1, -0.05) is 97.1 Å². The Balaban J connectivity index is 1.30. The highest BCUT2D eigenvalue weighted by molar-refractivity contribution is 5.80. The van der Waals surface area contributed by atoms with E-state index in [1.54, 1.807) is 16.7 Å². The molecular formula is C34H28N8O2. The molecule has 10 nitrogen and oxygen atoms in total. The highest BCUT2D eigenvalue weighted by Gasteiger charge is 2.21. The molecule has 1 N–H and O–H groups in total. The number of nitrogens with zero attached hydrogens (tertiary/aromatic N) is 7. The van der Waals surface area contributed by atoms with Gasteiger partial charge in [-0.25, -0.2) is 19.4 Å². The van der Waals surface area contributed by atoms with E-state index in [-0.39, 0.29) is 5.56 Å². The number of aromatic amines is 1. The van der Waals surface area contributed by atoms with Gasteiger partial charge >= 0.3 is 5.69 Å². The van der Waals surface area contributed by atoms with Crippen molar-refractivity contribution in [3.8, 4) is 28.2 Å². The third-order valence-corrected chi connectivity index (χ3v) is 7.84. The number of imidazole rings is 1. The van der Waals surface area contributed by atoms with Crippen LogP contribution in [0.3, 0.4) is 0 Å². The topological polar surface area (TPSA) is 116 Å². The van der Waals surface area contributed by atoms with Gasteiger partial charge in [0.1, 0.15) is 5.82 Å². The molecule has 0 aliphatic carbocycles. The van der Waals surface area contributed by atoms with Crippen LogP contribution in [0.5, 0.6) is 0 Å². The Morgan fingerprint density at radius 1 is 0.727 bits per heavy atom. The maximum Gasteiger partial charge on any atom is 0.337 e. The first kappa shape index (κ1) is 27.0. The third-order valence-electron chi connectivity index (χ3n) is 7.84. The largest absolute Gasteiger partial charge is 0.337 e. The lowest BCUT2D eigenvalue weighted by molar-refractivity contribution is 0.642. The lowest BCUT2D eigenvalue weighted by Gasteiger charge is -2.13. The molecule has 0 amide bonds. The number of aromatic nitrogens is 8. The van der Waals surface area contributed by atoms with Crippen LogP contribution < -0.4 is 11.2 Å². The first-order chi connectivity index (χ1) is 21.6. The minimum atomic E-state index is -0.403. The summed E-state index contributed by atoms with van der Waals surface area (Å²) < 4.78 is 4.78. The van der Waals surface area contributed by atoms with Crippen LogP contribution in [0, 0.1) is 6.92 Å². The van der Waals surface area contributed by atoms with Crippen LogP contribution in [0.1, 0.15) is 17.0 Å². The average molecular weight is 581 g/mol. The summed E-state index contributed by atoms with van der Waals surface area (Å²) in [5.74, 6) is 1.25. The van der Waals surface area contributed by atoms with Crippen molar-refractivity contribution in [3.63, 3.8) is 0 Å². The third kappa shape index (κ3) is 4.92. The quantitative estimate of drug-likeness (QED) is 0.276. The summed E-state index contributed by atoms with van der Waals surface area (Å²) in [4.78, 5) is 32.7. The predicted octanol–water partition coefficient (Wildman–Crippen LogP) is 4.80. The second-order valence-electron chi connectivity index (χ2n) is 10.6. The Kier molecular flexibility index (Phi) is 6.99. The standard InChI is InChI=1S/C34H28N8O2/c1-23-35-32-30(33(43)42(27-12-6-3-7-13-27)34(44)40(32)21-20-24-10-4-2-5-11-24)41(23)22-25-16-18-26(19-17-25)28-14-8-9-15-29(28)31-36-38-39-37-31/h2-19H,20-22H2,1H3,(H,36,37,38,39). The van der Waals surface area contributed by atoms with Crippen LogP contribution in [0.15, 0.2) is 119 Å². The Morgan fingerprint density at radius 2 is 1.41 bits per heavy atom. The molecular weight excluding hydrogens is 552 g/mol. The van der Waals surface area contributed by atoms with E-state index in [0.29, 0.717) is 48.0 Å². The number of H-pyrrole nitrogens is 1. The van der Waals surface area contributed by atoms with E-state index < -0.39 is 5.69 Å². The summed E-state index contributed by atoms with van der Waals surface area (Å²) in [6.45, 7) is 2.67. The van der Waals surface area contributed by atoms with Crippen molar-refractivity contribution in [2.75, 3.05) is 0 Å². The second-order valence-corrected chi connectivity index (χ2v) is 10.6. The SMILES string of the molecule is Cc1nc2c(c(=O)n(-c3ccccc3)c(=O)n2CCc2ccccc2)n1Cc1ccc(-c2ccccc2-c2nnn[nH]2)cc1. The fourth-order valence-corrected chi connectivity index (χ4v) is 5.62. The number of hydrogen-bond acceptors (Lipinski definition) is 6. The summed E-state index contributed by atoms with van der Waals surface area (Å²) in [6.07, 6.45) is 0.627. The van der Waals surface area contributed by atoms with Gasteiger partial charge in [-0.05, 0) is 58.2 Å². The van der Waals surface area contributed by atoms with E-state index in [9.17, 15) is 9.59 Å². The molecule has 216 valence electrons. The van der Waals surface area contributed by atoms with Crippen molar-refractivity contribution < 1.29 is 0 Å². The highest BCUT2D eigenvalue weighted by Crippen LogP contribution is 2.30. The Labute approximate surface area is 251 Å². The lowest BCUT2D eigenvalue weighted by Crippen LogP contribution is -2.40. The number of para-hydroxylation sites is 1. The van der Waals surface area contributed by atoms with E-state index in [1.165, 1.54) is 4.57 Å². The second kappa shape index (κ2) is 11.4. The van der Waals surface area contributed by atoms with Gasteiger partial charge in [-0.2, -0.15) is 0 Å². The normalized spacial score (nSPS) is 11.3. The molecule has 10 heteroatoms. The molecule has 0 atom stereocenters. The van der Waals surface area contributed by atoms with Gasteiger partial charge < -0.3 is 4.57 Å². The minimum absolute atomic E-state index is 0.387. The van der Waals surface area contributed by atoms with Gasteiger partial charge in [-0.3, -0.25) is 9.36 Å². The molecule has 0 spiro atoms. The molecule has 0 aliphatic heterocycles. The van der Waals surface area contributed by atoms with Crippen molar-refractivity contribution >= 4 is 11.2 Å². The van der Waals surface area contributed by atoms with Gasteiger partial charge in [0.25, 0.3) is 5.56 Å². The molecule has 7 aromatic rings. The molecule has 0 fully saturated rings. The molecule has 0 saturated heterocycles. The molecule has 0 radical (unpaired) electrons. The lowest BCUT2D eigenvalue weighted by atomic mass is 9.98. The zero-order chi connectivity index (χ0) is 30.0. The number of benzene rings is 4. The number of nitrogens with one attached hydrogen (secondary N) is 1. The van der Waals surface area contributed by atoms with Crippen molar-refractivity contribution in [1.82, 2.24) is 39.3 Å². The predicted molar refractivity (Wildman–Crippen MR) is 169 cm³/mol. The zero-order valence-electron chi connectivity index (χ0n) is 24.0. The van der Waals surface area contributed by atoms with Gasteiger partial charge in [0.05, 0.1) is 5.69 Å². The molecule has 0 aliphatic rings. The van der Waals surface area contributed by atoms with E-state index in [4.69, 9.17) is 4.98 Å². The zero-order valence-corrected chi connectivity index (χ0v) is 24.0. The molecule has 7 rings (SSSR count). The van der Waals surface area contributed by atoms with E-state index in [0.717, 1.165) is 27.8 Å². The molecule has 0 unspecified atom stereocenters. The smallest absolute Gasteiger partial charge is 0.318 e. The number of rotatable bonds is 8. The number of aryl methyl sites for hydroxylation is 3. The summed E-state index contributed by atoms with van der Waals surface area (Å²) >= 11 is 0. The van der Waals surface area contributed by atoms with Crippen molar-refractivity contribution in [1.29, 1.82) is 0 Å². The monoisotopic (exact) mass is 580 g/mol. The molecule has 44 heavy (non-hydrogen) atoms. The Morgan fingerprint density at radius 3 is 2.11 bits per heavy atom. The molecule has 0 saturated carbocycles. The van der Waals surface area contributed by atoms with Crippen molar-refractivity contribution in [3.05, 3.63) is 147 Å². The first-order valence-corrected chi connectivity index (χ1v) is 14.3. The van der Waals surface area contributed by atoms with E-state index >= 15 is 0 Å². The van der Waals surface area contributed by atoms with Gasteiger partial charge in [0.2, 0.25) is 0 Å².